The molecule has 2 aromatic rings. The van der Waals surface area contributed by atoms with Crippen molar-refractivity contribution in [1.82, 2.24) is 15.1 Å². The van der Waals surface area contributed by atoms with E-state index in [1.165, 1.54) is 11.3 Å². The summed E-state index contributed by atoms with van der Waals surface area (Å²) in [4.78, 5) is 26.9. The van der Waals surface area contributed by atoms with Gasteiger partial charge in [0.1, 0.15) is 11.0 Å². The van der Waals surface area contributed by atoms with E-state index in [2.05, 4.69) is 15.5 Å². The Labute approximate surface area is 161 Å². The molecule has 138 valence electrons. The van der Waals surface area contributed by atoms with Crippen LogP contribution in [0.2, 0.25) is 5.02 Å². The summed E-state index contributed by atoms with van der Waals surface area (Å²) >= 11 is 7.19. The van der Waals surface area contributed by atoms with Crippen LogP contribution in [-0.4, -0.2) is 39.5 Å². The third kappa shape index (κ3) is 4.04. The molecule has 1 fully saturated rings. The zero-order valence-corrected chi connectivity index (χ0v) is 16.5. The number of halogens is 1. The lowest BCUT2D eigenvalue weighted by molar-refractivity contribution is -0.143. The first-order valence-corrected chi connectivity index (χ1v) is 9.66. The van der Waals surface area contributed by atoms with Gasteiger partial charge in [0.05, 0.1) is 0 Å². The molecule has 1 aromatic heterocycles. The van der Waals surface area contributed by atoms with Gasteiger partial charge in [0.2, 0.25) is 16.9 Å². The Kier molecular flexibility index (Phi) is 5.29. The number of amides is 2. The third-order valence-electron chi connectivity index (χ3n) is 4.20. The molecule has 0 bridgehead atoms. The summed E-state index contributed by atoms with van der Waals surface area (Å²) in [7, 11) is 0. The van der Waals surface area contributed by atoms with E-state index < -0.39 is 11.5 Å². The predicted octanol–water partition coefficient (Wildman–Crippen LogP) is 3.83. The van der Waals surface area contributed by atoms with Gasteiger partial charge in [-0.2, -0.15) is 0 Å². The molecule has 1 aliphatic heterocycles. The Morgan fingerprint density at radius 2 is 1.92 bits per heavy atom. The highest BCUT2D eigenvalue weighted by molar-refractivity contribution is 7.18. The van der Waals surface area contributed by atoms with Crippen molar-refractivity contribution in [3.63, 3.8) is 0 Å². The van der Waals surface area contributed by atoms with E-state index in [0.29, 0.717) is 28.1 Å². The van der Waals surface area contributed by atoms with E-state index >= 15 is 0 Å². The Hall–Kier alpha value is -1.99. The van der Waals surface area contributed by atoms with Gasteiger partial charge in [-0.1, -0.05) is 55.8 Å². The SMILES string of the molecule is CC(C)(C)C(=O)N1CCCC1C(=O)Nc1nnc(-c2ccc(Cl)cc2)s1. The van der Waals surface area contributed by atoms with Gasteiger partial charge in [0.25, 0.3) is 0 Å². The van der Waals surface area contributed by atoms with Crippen LogP contribution >= 0.6 is 22.9 Å². The first-order valence-electron chi connectivity index (χ1n) is 8.47. The monoisotopic (exact) mass is 392 g/mol. The van der Waals surface area contributed by atoms with Crippen molar-refractivity contribution in [2.75, 3.05) is 11.9 Å². The molecule has 1 saturated heterocycles. The molecule has 26 heavy (non-hydrogen) atoms. The summed E-state index contributed by atoms with van der Waals surface area (Å²) < 4.78 is 0. The van der Waals surface area contributed by atoms with Gasteiger partial charge in [-0.15, -0.1) is 10.2 Å². The quantitative estimate of drug-likeness (QED) is 0.861. The number of rotatable bonds is 3. The summed E-state index contributed by atoms with van der Waals surface area (Å²) in [6.45, 7) is 6.21. The zero-order valence-electron chi connectivity index (χ0n) is 15.0. The molecule has 6 nitrogen and oxygen atoms in total. The van der Waals surface area contributed by atoms with E-state index in [0.717, 1.165) is 12.0 Å². The lowest BCUT2D eigenvalue weighted by atomic mass is 9.94. The predicted molar refractivity (Wildman–Crippen MR) is 103 cm³/mol. The van der Waals surface area contributed by atoms with Crippen LogP contribution in [0.25, 0.3) is 10.6 Å². The third-order valence-corrected chi connectivity index (χ3v) is 5.34. The van der Waals surface area contributed by atoms with E-state index in [4.69, 9.17) is 11.6 Å². The number of hydrogen-bond donors (Lipinski definition) is 1. The number of anilines is 1. The first kappa shape index (κ1) is 18.8. The molecule has 3 rings (SSSR count). The highest BCUT2D eigenvalue weighted by Crippen LogP contribution is 2.29. The minimum atomic E-state index is -0.507. The van der Waals surface area contributed by atoms with Crippen LogP contribution in [0.1, 0.15) is 33.6 Å². The number of aromatic nitrogens is 2. The molecule has 1 unspecified atom stereocenters. The van der Waals surface area contributed by atoms with E-state index in [-0.39, 0.29) is 11.8 Å². The van der Waals surface area contributed by atoms with Crippen LogP contribution in [0.5, 0.6) is 0 Å². The van der Waals surface area contributed by atoms with Crippen LogP contribution in [-0.2, 0) is 9.59 Å². The molecule has 1 aliphatic rings. The average Bonchev–Trinajstić information content (AvgIpc) is 3.23. The van der Waals surface area contributed by atoms with Crippen molar-refractivity contribution in [2.45, 2.75) is 39.7 Å². The smallest absolute Gasteiger partial charge is 0.249 e. The van der Waals surface area contributed by atoms with Crippen molar-refractivity contribution < 1.29 is 9.59 Å². The van der Waals surface area contributed by atoms with Crippen LogP contribution < -0.4 is 5.32 Å². The second-order valence-electron chi connectivity index (χ2n) is 7.32. The molecule has 1 aromatic carbocycles. The summed E-state index contributed by atoms with van der Waals surface area (Å²) in [5.41, 5.74) is 0.380. The fourth-order valence-corrected chi connectivity index (χ4v) is 3.76. The van der Waals surface area contributed by atoms with Crippen molar-refractivity contribution in [3.8, 4) is 10.6 Å². The summed E-state index contributed by atoms with van der Waals surface area (Å²) in [5.74, 6) is -0.215. The van der Waals surface area contributed by atoms with Gasteiger partial charge < -0.3 is 4.90 Å². The highest BCUT2D eigenvalue weighted by atomic mass is 35.5. The van der Waals surface area contributed by atoms with Gasteiger partial charge >= 0.3 is 0 Å². The fourth-order valence-electron chi connectivity index (χ4n) is 2.88. The number of benzene rings is 1. The van der Waals surface area contributed by atoms with Crippen LogP contribution in [0.3, 0.4) is 0 Å². The van der Waals surface area contributed by atoms with Crippen LogP contribution in [0.4, 0.5) is 5.13 Å². The van der Waals surface area contributed by atoms with Gasteiger partial charge in [-0.25, -0.2) is 0 Å². The van der Waals surface area contributed by atoms with E-state index in [1.54, 1.807) is 17.0 Å². The maximum absolute atomic E-state index is 12.7. The first-order chi connectivity index (χ1) is 12.3. The maximum Gasteiger partial charge on any atom is 0.249 e. The van der Waals surface area contributed by atoms with Crippen molar-refractivity contribution in [1.29, 1.82) is 0 Å². The van der Waals surface area contributed by atoms with Crippen molar-refractivity contribution >= 4 is 39.9 Å². The molecule has 2 amide bonds. The van der Waals surface area contributed by atoms with Crippen LogP contribution in [0, 0.1) is 5.41 Å². The Morgan fingerprint density at radius 1 is 1.23 bits per heavy atom. The number of likely N-dealkylation sites (tertiary alicyclic amines) is 1. The fraction of sp³-hybridized carbons (Fsp3) is 0.444. The summed E-state index contributed by atoms with van der Waals surface area (Å²) in [6.07, 6.45) is 1.49. The lowest BCUT2D eigenvalue weighted by Gasteiger charge is -2.29. The van der Waals surface area contributed by atoms with Crippen molar-refractivity contribution in [3.05, 3.63) is 29.3 Å². The lowest BCUT2D eigenvalue weighted by Crippen LogP contribution is -2.47. The van der Waals surface area contributed by atoms with Gasteiger partial charge in [0.15, 0.2) is 0 Å². The number of nitrogens with one attached hydrogen (secondary N) is 1. The largest absolute Gasteiger partial charge is 0.330 e. The normalized spacial score (nSPS) is 17.4. The Balaban J connectivity index is 1.70. The summed E-state index contributed by atoms with van der Waals surface area (Å²) in [5, 5.41) is 12.7. The minimum absolute atomic E-state index is 0.00531. The molecule has 0 spiro atoms. The molecule has 1 N–H and O–H groups in total. The number of hydrogen-bond acceptors (Lipinski definition) is 5. The van der Waals surface area contributed by atoms with Gasteiger partial charge in [-0.3, -0.25) is 14.9 Å². The van der Waals surface area contributed by atoms with Gasteiger partial charge in [-0.05, 0) is 25.0 Å². The zero-order chi connectivity index (χ0) is 18.9. The second-order valence-corrected chi connectivity index (χ2v) is 8.73. The number of carbonyl (C=O) groups excluding carboxylic acids is 2. The second kappa shape index (κ2) is 7.32. The average molecular weight is 393 g/mol. The van der Waals surface area contributed by atoms with Crippen molar-refractivity contribution in [2.24, 2.45) is 5.41 Å². The van der Waals surface area contributed by atoms with Gasteiger partial charge in [0, 0.05) is 22.5 Å². The van der Waals surface area contributed by atoms with E-state index in [1.807, 2.05) is 32.9 Å². The molecule has 0 aliphatic carbocycles. The highest BCUT2D eigenvalue weighted by Gasteiger charge is 2.38. The molecule has 0 saturated carbocycles. The number of nitrogens with zero attached hydrogens (tertiary/aromatic N) is 3. The number of carbonyl (C=O) groups is 2. The van der Waals surface area contributed by atoms with Crippen LogP contribution in [0.15, 0.2) is 24.3 Å². The standard InChI is InChI=1S/C18H21ClN4O2S/c1-18(2,3)16(25)23-10-4-5-13(23)14(24)20-17-22-21-15(26-17)11-6-8-12(19)9-7-11/h6-9,13H,4-5,10H2,1-3H3,(H,20,22,24). The Bertz CT molecular complexity index is 813. The molecule has 8 heteroatoms. The molecular formula is C18H21ClN4O2S. The molecule has 0 radical (unpaired) electrons. The Morgan fingerprint density at radius 3 is 2.58 bits per heavy atom. The van der Waals surface area contributed by atoms with E-state index in [9.17, 15) is 9.59 Å². The minimum Gasteiger partial charge on any atom is -0.330 e. The topological polar surface area (TPSA) is 75.2 Å². The summed E-state index contributed by atoms with van der Waals surface area (Å²) in [6, 6.07) is 6.82. The molecule has 1 atom stereocenters. The molecule has 2 heterocycles. The molecular weight excluding hydrogens is 372 g/mol. The maximum atomic E-state index is 12.7.